The standard InChI is InChI=1S/C11H25N3/c1-4-11(2,10-12)14-7-5-6-13(3)8-9-14/h4-10,12H2,1-3H3. The van der Waals surface area contributed by atoms with Crippen molar-refractivity contribution in [3.8, 4) is 0 Å². The first-order chi connectivity index (χ1) is 6.62. The van der Waals surface area contributed by atoms with E-state index in [9.17, 15) is 0 Å². The predicted octanol–water partition coefficient (Wildman–Crippen LogP) is 0.751. The van der Waals surface area contributed by atoms with Crippen LogP contribution in [0.15, 0.2) is 0 Å². The van der Waals surface area contributed by atoms with Gasteiger partial charge in [-0.3, -0.25) is 4.90 Å². The fourth-order valence-corrected chi connectivity index (χ4v) is 2.08. The minimum absolute atomic E-state index is 0.213. The largest absolute Gasteiger partial charge is 0.329 e. The Morgan fingerprint density at radius 2 is 1.93 bits per heavy atom. The molecule has 0 aliphatic carbocycles. The monoisotopic (exact) mass is 199 g/mol. The molecule has 0 bridgehead atoms. The molecule has 1 unspecified atom stereocenters. The van der Waals surface area contributed by atoms with E-state index >= 15 is 0 Å². The van der Waals surface area contributed by atoms with Crippen LogP contribution in [-0.4, -0.2) is 55.1 Å². The summed E-state index contributed by atoms with van der Waals surface area (Å²) in [4.78, 5) is 4.98. The van der Waals surface area contributed by atoms with Gasteiger partial charge in [-0.1, -0.05) is 6.92 Å². The highest BCUT2D eigenvalue weighted by Gasteiger charge is 2.29. The third kappa shape index (κ3) is 2.69. The fourth-order valence-electron chi connectivity index (χ4n) is 2.08. The highest BCUT2D eigenvalue weighted by molar-refractivity contribution is 4.87. The third-order valence-electron chi connectivity index (χ3n) is 3.68. The molecule has 84 valence electrons. The molecule has 0 saturated carbocycles. The molecular formula is C11H25N3. The van der Waals surface area contributed by atoms with Gasteiger partial charge < -0.3 is 10.6 Å². The van der Waals surface area contributed by atoms with Gasteiger partial charge in [-0.05, 0) is 39.9 Å². The first kappa shape index (κ1) is 12.0. The average molecular weight is 199 g/mol. The highest BCUT2D eigenvalue weighted by Crippen LogP contribution is 2.19. The Kier molecular flexibility index (Phi) is 4.35. The van der Waals surface area contributed by atoms with E-state index in [0.717, 1.165) is 19.5 Å². The van der Waals surface area contributed by atoms with Gasteiger partial charge in [0.1, 0.15) is 0 Å². The van der Waals surface area contributed by atoms with E-state index in [1.54, 1.807) is 0 Å². The molecule has 3 heteroatoms. The van der Waals surface area contributed by atoms with E-state index in [1.807, 2.05) is 0 Å². The number of rotatable bonds is 3. The molecule has 1 saturated heterocycles. The summed E-state index contributed by atoms with van der Waals surface area (Å²) in [7, 11) is 2.20. The molecule has 3 nitrogen and oxygen atoms in total. The van der Waals surface area contributed by atoms with Gasteiger partial charge in [0.25, 0.3) is 0 Å². The van der Waals surface area contributed by atoms with Crippen molar-refractivity contribution < 1.29 is 0 Å². The predicted molar refractivity (Wildman–Crippen MR) is 61.4 cm³/mol. The lowest BCUT2D eigenvalue weighted by molar-refractivity contribution is 0.111. The molecule has 0 amide bonds. The van der Waals surface area contributed by atoms with Crippen molar-refractivity contribution >= 4 is 0 Å². The third-order valence-corrected chi connectivity index (χ3v) is 3.68. The number of nitrogens with two attached hydrogens (primary N) is 1. The number of hydrogen-bond acceptors (Lipinski definition) is 3. The Bertz CT molecular complexity index is 166. The molecule has 0 radical (unpaired) electrons. The summed E-state index contributed by atoms with van der Waals surface area (Å²) in [5, 5.41) is 0. The number of nitrogens with zero attached hydrogens (tertiary/aromatic N) is 2. The van der Waals surface area contributed by atoms with Gasteiger partial charge in [0, 0.05) is 25.2 Å². The van der Waals surface area contributed by atoms with Crippen LogP contribution in [0.2, 0.25) is 0 Å². The summed E-state index contributed by atoms with van der Waals surface area (Å²) in [5.41, 5.74) is 6.09. The lowest BCUT2D eigenvalue weighted by atomic mass is 9.96. The van der Waals surface area contributed by atoms with Crippen LogP contribution in [0.3, 0.4) is 0 Å². The van der Waals surface area contributed by atoms with Crippen molar-refractivity contribution in [2.24, 2.45) is 5.73 Å². The summed E-state index contributed by atoms with van der Waals surface area (Å²) in [6.45, 7) is 10.1. The van der Waals surface area contributed by atoms with Crippen LogP contribution in [0.5, 0.6) is 0 Å². The van der Waals surface area contributed by atoms with Gasteiger partial charge in [-0.15, -0.1) is 0 Å². The first-order valence-corrected chi connectivity index (χ1v) is 5.76. The van der Waals surface area contributed by atoms with E-state index in [2.05, 4.69) is 30.7 Å². The van der Waals surface area contributed by atoms with E-state index in [-0.39, 0.29) is 5.54 Å². The Morgan fingerprint density at radius 1 is 1.21 bits per heavy atom. The molecule has 14 heavy (non-hydrogen) atoms. The minimum atomic E-state index is 0.213. The molecule has 0 spiro atoms. The maximum atomic E-state index is 5.88. The lowest BCUT2D eigenvalue weighted by Gasteiger charge is -2.39. The topological polar surface area (TPSA) is 32.5 Å². The molecule has 1 atom stereocenters. The molecule has 1 rings (SSSR count). The van der Waals surface area contributed by atoms with Crippen LogP contribution in [0.4, 0.5) is 0 Å². The van der Waals surface area contributed by atoms with E-state index in [1.165, 1.54) is 26.1 Å². The second-order valence-electron chi connectivity index (χ2n) is 4.70. The van der Waals surface area contributed by atoms with Crippen LogP contribution in [0.1, 0.15) is 26.7 Å². The lowest BCUT2D eigenvalue weighted by Crippen LogP contribution is -2.52. The number of hydrogen-bond donors (Lipinski definition) is 1. The molecule has 1 fully saturated rings. The van der Waals surface area contributed by atoms with Crippen molar-refractivity contribution in [3.05, 3.63) is 0 Å². The van der Waals surface area contributed by atoms with Crippen molar-refractivity contribution in [1.29, 1.82) is 0 Å². The van der Waals surface area contributed by atoms with Crippen LogP contribution in [0.25, 0.3) is 0 Å². The molecule has 1 heterocycles. The van der Waals surface area contributed by atoms with Gasteiger partial charge in [0.2, 0.25) is 0 Å². The normalized spacial score (nSPS) is 25.7. The SMILES string of the molecule is CCC(C)(CN)N1CCCN(C)CC1. The molecule has 0 aromatic carbocycles. The fraction of sp³-hybridized carbons (Fsp3) is 1.00. The molecular weight excluding hydrogens is 174 g/mol. The molecule has 2 N–H and O–H groups in total. The second kappa shape index (κ2) is 5.10. The Hall–Kier alpha value is -0.120. The van der Waals surface area contributed by atoms with Crippen molar-refractivity contribution in [3.63, 3.8) is 0 Å². The zero-order valence-corrected chi connectivity index (χ0v) is 9.92. The Morgan fingerprint density at radius 3 is 2.50 bits per heavy atom. The summed E-state index contributed by atoms with van der Waals surface area (Å²) >= 11 is 0. The Labute approximate surface area is 88.2 Å². The maximum absolute atomic E-state index is 5.88. The first-order valence-electron chi connectivity index (χ1n) is 5.76. The highest BCUT2D eigenvalue weighted by atomic mass is 15.2. The second-order valence-corrected chi connectivity index (χ2v) is 4.70. The summed E-state index contributed by atoms with van der Waals surface area (Å²) in [6, 6.07) is 0. The Balaban J connectivity index is 2.57. The van der Waals surface area contributed by atoms with E-state index < -0.39 is 0 Å². The molecule has 1 aliphatic heterocycles. The molecule has 0 aromatic heterocycles. The summed E-state index contributed by atoms with van der Waals surface area (Å²) in [5.74, 6) is 0. The van der Waals surface area contributed by atoms with Crippen molar-refractivity contribution in [2.75, 3.05) is 39.8 Å². The van der Waals surface area contributed by atoms with Gasteiger partial charge >= 0.3 is 0 Å². The summed E-state index contributed by atoms with van der Waals surface area (Å²) in [6.07, 6.45) is 2.42. The van der Waals surface area contributed by atoms with Gasteiger partial charge in [0.05, 0.1) is 0 Å². The average Bonchev–Trinajstić information content (AvgIpc) is 2.42. The van der Waals surface area contributed by atoms with Crippen LogP contribution >= 0.6 is 0 Å². The smallest absolute Gasteiger partial charge is 0.0301 e. The van der Waals surface area contributed by atoms with E-state index in [4.69, 9.17) is 5.73 Å². The number of likely N-dealkylation sites (N-methyl/N-ethyl adjacent to an activating group) is 1. The zero-order valence-electron chi connectivity index (χ0n) is 9.92. The quantitative estimate of drug-likeness (QED) is 0.728. The summed E-state index contributed by atoms with van der Waals surface area (Å²) < 4.78 is 0. The molecule has 0 aromatic rings. The van der Waals surface area contributed by atoms with E-state index in [0.29, 0.717) is 0 Å². The zero-order chi connectivity index (χ0) is 10.6. The van der Waals surface area contributed by atoms with Gasteiger partial charge in [-0.25, -0.2) is 0 Å². The van der Waals surface area contributed by atoms with Crippen LogP contribution < -0.4 is 5.73 Å². The van der Waals surface area contributed by atoms with Crippen molar-refractivity contribution in [1.82, 2.24) is 9.80 Å². The van der Waals surface area contributed by atoms with Crippen molar-refractivity contribution in [2.45, 2.75) is 32.2 Å². The van der Waals surface area contributed by atoms with Crippen LogP contribution in [0, 0.1) is 0 Å². The minimum Gasteiger partial charge on any atom is -0.329 e. The molecule has 1 aliphatic rings. The van der Waals surface area contributed by atoms with Gasteiger partial charge in [-0.2, -0.15) is 0 Å². The van der Waals surface area contributed by atoms with Gasteiger partial charge in [0.15, 0.2) is 0 Å². The van der Waals surface area contributed by atoms with Crippen LogP contribution in [-0.2, 0) is 0 Å². The maximum Gasteiger partial charge on any atom is 0.0301 e.